The molecule has 2 aromatic heterocycles. The number of piperazine rings is 1. The van der Waals surface area contributed by atoms with Gasteiger partial charge >= 0.3 is 0 Å². The largest absolute Gasteiger partial charge is 0.471 e. The van der Waals surface area contributed by atoms with Crippen molar-refractivity contribution >= 4 is 16.6 Å². The third-order valence-electron chi connectivity index (χ3n) is 5.26. The molecule has 0 bridgehead atoms. The Morgan fingerprint density at radius 2 is 2.04 bits per heavy atom. The van der Waals surface area contributed by atoms with Gasteiger partial charge in [-0.05, 0) is 18.2 Å². The summed E-state index contributed by atoms with van der Waals surface area (Å²) in [6.45, 7) is 5.84. The highest BCUT2D eigenvalue weighted by atomic mass is 16.5. The predicted octanol–water partition coefficient (Wildman–Crippen LogP) is 1.50. The van der Waals surface area contributed by atoms with E-state index in [2.05, 4.69) is 42.0 Å². The van der Waals surface area contributed by atoms with Gasteiger partial charge in [0.1, 0.15) is 12.4 Å². The molecule has 0 radical (unpaired) electrons. The summed E-state index contributed by atoms with van der Waals surface area (Å²) in [4.78, 5) is 17.6. The summed E-state index contributed by atoms with van der Waals surface area (Å²) >= 11 is 0. The highest BCUT2D eigenvalue weighted by Gasteiger charge is 2.21. The van der Waals surface area contributed by atoms with Gasteiger partial charge in [0.25, 0.3) is 0 Å². The first-order valence-electron chi connectivity index (χ1n) is 9.57. The van der Waals surface area contributed by atoms with Crippen LogP contribution in [-0.2, 0) is 11.3 Å². The van der Waals surface area contributed by atoms with Crippen molar-refractivity contribution in [1.82, 2.24) is 25.0 Å². The number of ether oxygens (including phenoxy) is 2. The molecule has 0 spiro atoms. The average molecular weight is 382 g/mol. The lowest BCUT2D eigenvalue weighted by Crippen LogP contribution is -2.46. The van der Waals surface area contributed by atoms with Crippen molar-refractivity contribution < 1.29 is 14.0 Å². The van der Waals surface area contributed by atoms with Crippen molar-refractivity contribution in [2.75, 3.05) is 44.3 Å². The quantitative estimate of drug-likeness (QED) is 0.651. The smallest absolute Gasteiger partial charge is 0.224 e. The van der Waals surface area contributed by atoms with Crippen LogP contribution in [0.3, 0.4) is 0 Å². The van der Waals surface area contributed by atoms with E-state index in [1.54, 1.807) is 6.33 Å². The van der Waals surface area contributed by atoms with Crippen LogP contribution in [0.5, 0.6) is 5.88 Å². The topological polar surface area (TPSA) is 89.6 Å². The number of rotatable bonds is 5. The van der Waals surface area contributed by atoms with Gasteiger partial charge in [-0.25, -0.2) is 9.97 Å². The number of anilines is 1. The molecule has 0 aliphatic carbocycles. The lowest BCUT2D eigenvalue weighted by atomic mass is 10.2. The summed E-state index contributed by atoms with van der Waals surface area (Å²) < 4.78 is 16.3. The standard InChI is InChI=1S/C19H22N6O3/c1-2-17-16(19(21-12-20-17)28-15-3-8-26-11-15)9-14(1)25-6-4-24(5-7-25)10-18-22-13-27-23-18/h1-2,9,12-13,15H,3-8,10-11H2. The second-order valence-corrected chi connectivity index (χ2v) is 7.09. The fraction of sp³-hybridized carbons (Fsp3) is 0.474. The molecule has 2 aliphatic rings. The van der Waals surface area contributed by atoms with Gasteiger partial charge in [-0.2, -0.15) is 4.98 Å². The van der Waals surface area contributed by atoms with E-state index in [-0.39, 0.29) is 6.10 Å². The van der Waals surface area contributed by atoms with Crippen LogP contribution >= 0.6 is 0 Å². The molecule has 9 heteroatoms. The monoisotopic (exact) mass is 382 g/mol. The van der Waals surface area contributed by atoms with Gasteiger partial charge in [0.05, 0.1) is 30.7 Å². The Morgan fingerprint density at radius 1 is 1.11 bits per heavy atom. The number of nitrogens with zero attached hydrogens (tertiary/aromatic N) is 6. The minimum absolute atomic E-state index is 0.0652. The van der Waals surface area contributed by atoms with Crippen molar-refractivity contribution in [3.8, 4) is 5.88 Å². The molecule has 1 unspecified atom stereocenters. The highest BCUT2D eigenvalue weighted by molar-refractivity contribution is 5.86. The summed E-state index contributed by atoms with van der Waals surface area (Å²) in [5.41, 5.74) is 2.05. The highest BCUT2D eigenvalue weighted by Crippen LogP contribution is 2.28. The first-order valence-corrected chi connectivity index (χ1v) is 9.57. The summed E-state index contributed by atoms with van der Waals surface area (Å²) in [5, 5.41) is 4.84. The van der Waals surface area contributed by atoms with Gasteiger partial charge in [-0.1, -0.05) is 5.16 Å². The van der Waals surface area contributed by atoms with Crippen LogP contribution in [0.1, 0.15) is 12.2 Å². The second-order valence-electron chi connectivity index (χ2n) is 7.09. The fourth-order valence-electron chi connectivity index (χ4n) is 3.70. The molecular weight excluding hydrogens is 360 g/mol. The molecule has 0 saturated carbocycles. The van der Waals surface area contributed by atoms with Crippen LogP contribution in [0.15, 0.2) is 35.4 Å². The first-order chi connectivity index (χ1) is 13.8. The van der Waals surface area contributed by atoms with E-state index >= 15 is 0 Å². The molecule has 4 heterocycles. The Morgan fingerprint density at radius 3 is 2.82 bits per heavy atom. The zero-order valence-corrected chi connectivity index (χ0v) is 15.5. The maximum atomic E-state index is 6.08. The normalized spacial score (nSPS) is 20.7. The molecule has 2 aliphatic heterocycles. The molecule has 1 atom stereocenters. The second kappa shape index (κ2) is 7.69. The minimum atomic E-state index is 0.0652. The number of hydrogen-bond donors (Lipinski definition) is 0. The Bertz CT molecular complexity index is 921. The first kappa shape index (κ1) is 17.3. The van der Waals surface area contributed by atoms with Crippen LogP contribution in [0.2, 0.25) is 0 Å². The Kier molecular flexibility index (Phi) is 4.76. The van der Waals surface area contributed by atoms with Crippen molar-refractivity contribution in [3.05, 3.63) is 36.7 Å². The van der Waals surface area contributed by atoms with Crippen LogP contribution in [0.25, 0.3) is 10.9 Å². The molecule has 0 amide bonds. The average Bonchev–Trinajstić information content (AvgIpc) is 3.43. The van der Waals surface area contributed by atoms with E-state index in [0.717, 1.165) is 68.2 Å². The van der Waals surface area contributed by atoms with Gasteiger partial charge in [-0.3, -0.25) is 4.90 Å². The molecule has 9 nitrogen and oxygen atoms in total. The van der Waals surface area contributed by atoms with Crippen molar-refractivity contribution in [3.63, 3.8) is 0 Å². The molecule has 5 rings (SSSR count). The SMILES string of the molecule is c1nc(OC2CCOC2)c2cc(N3CCN(Cc4ncon4)CC3)ccc2n1. The summed E-state index contributed by atoms with van der Waals surface area (Å²) in [6.07, 6.45) is 3.90. The van der Waals surface area contributed by atoms with Gasteiger partial charge in [0, 0.05) is 38.3 Å². The van der Waals surface area contributed by atoms with Crippen LogP contribution in [0, 0.1) is 0 Å². The third kappa shape index (κ3) is 3.63. The molecular formula is C19H22N6O3. The molecule has 1 aromatic carbocycles. The van der Waals surface area contributed by atoms with Gasteiger partial charge in [-0.15, -0.1) is 0 Å². The number of benzene rings is 1. The molecule has 3 aromatic rings. The number of fused-ring (bicyclic) bond motifs is 1. The van der Waals surface area contributed by atoms with Gasteiger partial charge in [0.2, 0.25) is 12.3 Å². The van der Waals surface area contributed by atoms with E-state index in [1.165, 1.54) is 6.39 Å². The van der Waals surface area contributed by atoms with E-state index in [9.17, 15) is 0 Å². The Hall–Kier alpha value is -2.78. The predicted molar refractivity (Wildman–Crippen MR) is 101 cm³/mol. The van der Waals surface area contributed by atoms with E-state index in [4.69, 9.17) is 14.0 Å². The molecule has 0 N–H and O–H groups in total. The van der Waals surface area contributed by atoms with Crippen molar-refractivity contribution in [2.45, 2.75) is 19.1 Å². The van der Waals surface area contributed by atoms with E-state index < -0.39 is 0 Å². The summed E-state index contributed by atoms with van der Waals surface area (Å²) in [5.74, 6) is 1.37. The number of aromatic nitrogens is 4. The zero-order valence-electron chi connectivity index (χ0n) is 15.5. The van der Waals surface area contributed by atoms with Crippen molar-refractivity contribution in [2.24, 2.45) is 0 Å². The zero-order chi connectivity index (χ0) is 18.8. The van der Waals surface area contributed by atoms with Crippen molar-refractivity contribution in [1.29, 1.82) is 0 Å². The van der Waals surface area contributed by atoms with Gasteiger partial charge in [0.15, 0.2) is 5.82 Å². The van der Waals surface area contributed by atoms with Crippen LogP contribution in [0.4, 0.5) is 5.69 Å². The van der Waals surface area contributed by atoms with Gasteiger partial charge < -0.3 is 18.9 Å². The van der Waals surface area contributed by atoms with E-state index in [1.807, 2.05) is 6.07 Å². The van der Waals surface area contributed by atoms with Crippen LogP contribution in [-0.4, -0.2) is 70.5 Å². The maximum absolute atomic E-state index is 6.08. The lowest BCUT2D eigenvalue weighted by Gasteiger charge is -2.35. The molecule has 146 valence electrons. The lowest BCUT2D eigenvalue weighted by molar-refractivity contribution is 0.139. The molecule has 2 fully saturated rings. The maximum Gasteiger partial charge on any atom is 0.224 e. The Labute approximate surface area is 162 Å². The summed E-state index contributed by atoms with van der Waals surface area (Å²) in [7, 11) is 0. The fourth-order valence-corrected chi connectivity index (χ4v) is 3.70. The minimum Gasteiger partial charge on any atom is -0.471 e. The molecule has 28 heavy (non-hydrogen) atoms. The third-order valence-corrected chi connectivity index (χ3v) is 5.26. The molecule has 2 saturated heterocycles. The Balaban J connectivity index is 1.30. The van der Waals surface area contributed by atoms with E-state index in [0.29, 0.717) is 12.5 Å². The number of hydrogen-bond acceptors (Lipinski definition) is 9. The van der Waals surface area contributed by atoms with Crippen LogP contribution < -0.4 is 9.64 Å². The summed E-state index contributed by atoms with van der Waals surface area (Å²) in [6, 6.07) is 6.29.